The Morgan fingerprint density at radius 1 is 1.18 bits per heavy atom. The molecule has 208 valence electrons. The summed E-state index contributed by atoms with van der Waals surface area (Å²) in [5.74, 6) is -1.38. The summed E-state index contributed by atoms with van der Waals surface area (Å²) in [6.07, 6.45) is 4.53. The van der Waals surface area contributed by atoms with Crippen LogP contribution < -0.4 is 11.1 Å². The van der Waals surface area contributed by atoms with E-state index >= 15 is 4.39 Å². The number of nitrogens with two attached hydrogens (primary N) is 1. The molecule has 9 nitrogen and oxygen atoms in total. The van der Waals surface area contributed by atoms with Crippen molar-refractivity contribution in [3.63, 3.8) is 0 Å². The summed E-state index contributed by atoms with van der Waals surface area (Å²) in [5, 5.41) is 20.7. The molecule has 2 aromatic carbocycles. The Kier molecular flexibility index (Phi) is 6.77. The number of piperidine rings is 1. The zero-order chi connectivity index (χ0) is 28.3. The molecule has 2 amide bonds. The molecular formula is C29H37FN6O3. The lowest BCUT2D eigenvalue weighted by Crippen LogP contribution is -2.55. The number of benzene rings is 2. The van der Waals surface area contributed by atoms with E-state index in [0.717, 1.165) is 24.8 Å². The number of nitrogens with one attached hydrogen (secondary N) is 1. The van der Waals surface area contributed by atoms with E-state index in [1.807, 2.05) is 33.8 Å². The molecule has 0 saturated carbocycles. The molecule has 3 atom stereocenters. The van der Waals surface area contributed by atoms with Gasteiger partial charge in [0.05, 0.1) is 23.2 Å². The van der Waals surface area contributed by atoms with Crippen LogP contribution in [-0.2, 0) is 4.79 Å². The van der Waals surface area contributed by atoms with Gasteiger partial charge in [-0.15, -0.1) is 0 Å². The molecule has 3 heterocycles. The molecule has 2 aliphatic heterocycles. The monoisotopic (exact) mass is 536 g/mol. The Hall–Kier alpha value is -3.34. The van der Waals surface area contributed by atoms with Crippen molar-refractivity contribution in [3.8, 4) is 5.69 Å². The molecule has 5 rings (SSSR count). The van der Waals surface area contributed by atoms with Crippen molar-refractivity contribution in [2.45, 2.75) is 76.7 Å². The summed E-state index contributed by atoms with van der Waals surface area (Å²) >= 11 is 0. The molecule has 1 aromatic heterocycles. The van der Waals surface area contributed by atoms with E-state index in [9.17, 15) is 14.8 Å². The fourth-order valence-corrected chi connectivity index (χ4v) is 6.33. The number of halogens is 1. The smallest absolute Gasteiger partial charge is 0.250 e. The second-order valence-electron chi connectivity index (χ2n) is 12.0. The Labute approximate surface area is 227 Å². The Morgan fingerprint density at radius 2 is 1.92 bits per heavy atom. The van der Waals surface area contributed by atoms with Gasteiger partial charge in [0.1, 0.15) is 17.0 Å². The van der Waals surface area contributed by atoms with Crippen LogP contribution in [0, 0.1) is 11.7 Å². The average molecular weight is 537 g/mol. The molecule has 3 unspecified atom stereocenters. The molecule has 0 spiro atoms. The molecule has 0 aliphatic carbocycles. The molecule has 0 bridgehead atoms. The van der Waals surface area contributed by atoms with Gasteiger partial charge in [-0.1, -0.05) is 18.2 Å². The van der Waals surface area contributed by atoms with Gasteiger partial charge in [-0.3, -0.25) is 14.9 Å². The maximum Gasteiger partial charge on any atom is 0.250 e. The van der Waals surface area contributed by atoms with Crippen LogP contribution in [0.1, 0.15) is 75.3 Å². The second-order valence-corrected chi connectivity index (χ2v) is 12.0. The molecule has 10 heteroatoms. The topological polar surface area (TPSA) is 117 Å². The lowest BCUT2D eigenvalue weighted by atomic mass is 9.85. The predicted octanol–water partition coefficient (Wildman–Crippen LogP) is 4.13. The van der Waals surface area contributed by atoms with Gasteiger partial charge in [0.15, 0.2) is 0 Å². The van der Waals surface area contributed by atoms with Gasteiger partial charge in [-0.2, -0.15) is 10.2 Å². The lowest BCUT2D eigenvalue weighted by Gasteiger charge is -2.40. The van der Waals surface area contributed by atoms with Crippen LogP contribution in [-0.4, -0.2) is 61.1 Å². The number of amides is 2. The summed E-state index contributed by atoms with van der Waals surface area (Å²) in [7, 11) is 1.80. The third-order valence-corrected chi connectivity index (χ3v) is 8.58. The number of hydrogen-bond donors (Lipinski definition) is 3. The van der Waals surface area contributed by atoms with Crippen LogP contribution in [0.25, 0.3) is 16.6 Å². The highest BCUT2D eigenvalue weighted by Gasteiger charge is 2.55. The zero-order valence-corrected chi connectivity index (χ0v) is 23.1. The van der Waals surface area contributed by atoms with Crippen LogP contribution in [0.5, 0.6) is 0 Å². The molecular weight excluding hydrogens is 499 g/mol. The zero-order valence-electron chi connectivity index (χ0n) is 23.1. The Bertz CT molecular complexity index is 1430. The first-order valence-corrected chi connectivity index (χ1v) is 13.4. The van der Waals surface area contributed by atoms with Gasteiger partial charge in [0, 0.05) is 30.2 Å². The van der Waals surface area contributed by atoms with Crippen LogP contribution >= 0.6 is 0 Å². The molecule has 4 N–H and O–H groups in total. The van der Waals surface area contributed by atoms with Crippen molar-refractivity contribution in [2.24, 2.45) is 11.7 Å². The van der Waals surface area contributed by atoms with Gasteiger partial charge in [-0.05, 0) is 77.1 Å². The summed E-state index contributed by atoms with van der Waals surface area (Å²) in [4.78, 5) is 27.1. The minimum atomic E-state index is -0.683. The standard InChI is InChI=1S/C29H37FN6O3/c1-28(2)15-20(29(3,4)36(28)39)27(38)34(5)24-11-7-10-22(32-24)17-12-13-23(21(30)14-17)35-16-18-8-6-9-19(26(31)37)25(18)33-35/h6,8-9,12-14,16,20,22,24,32,39H,7,10-11,15H2,1-5H3,(H2,31,37). The van der Waals surface area contributed by atoms with E-state index in [-0.39, 0.29) is 35.3 Å². The van der Waals surface area contributed by atoms with Gasteiger partial charge in [0.25, 0.3) is 5.91 Å². The number of nitrogens with zero attached hydrogens (tertiary/aromatic N) is 4. The summed E-state index contributed by atoms with van der Waals surface area (Å²) in [5.41, 5.74) is 6.07. The number of aromatic nitrogens is 2. The first-order chi connectivity index (χ1) is 18.3. The molecule has 2 aliphatic rings. The summed E-state index contributed by atoms with van der Waals surface area (Å²) in [6.45, 7) is 7.68. The third-order valence-electron chi connectivity index (χ3n) is 8.58. The average Bonchev–Trinajstić information content (AvgIpc) is 3.40. The van der Waals surface area contributed by atoms with Gasteiger partial charge in [-0.25, -0.2) is 9.07 Å². The van der Waals surface area contributed by atoms with Gasteiger partial charge < -0.3 is 15.8 Å². The summed E-state index contributed by atoms with van der Waals surface area (Å²) < 4.78 is 16.8. The van der Waals surface area contributed by atoms with Crippen LogP contribution in [0.3, 0.4) is 0 Å². The first kappa shape index (κ1) is 27.2. The minimum absolute atomic E-state index is 0.00891. The maximum atomic E-state index is 15.4. The summed E-state index contributed by atoms with van der Waals surface area (Å²) in [6, 6.07) is 10.0. The number of primary amides is 1. The van der Waals surface area contributed by atoms with Crippen molar-refractivity contribution in [3.05, 3.63) is 59.5 Å². The van der Waals surface area contributed by atoms with Crippen molar-refractivity contribution in [1.82, 2.24) is 25.1 Å². The second kappa shape index (κ2) is 9.69. The van der Waals surface area contributed by atoms with E-state index in [4.69, 9.17) is 5.73 Å². The van der Waals surface area contributed by atoms with E-state index in [1.54, 1.807) is 42.4 Å². The van der Waals surface area contributed by atoms with Crippen molar-refractivity contribution < 1.29 is 19.2 Å². The van der Waals surface area contributed by atoms with Crippen LogP contribution in [0.2, 0.25) is 0 Å². The van der Waals surface area contributed by atoms with Crippen molar-refractivity contribution >= 4 is 22.7 Å². The maximum absolute atomic E-state index is 15.4. The Morgan fingerprint density at radius 3 is 2.56 bits per heavy atom. The number of hydrogen-bond acceptors (Lipinski definition) is 6. The predicted molar refractivity (Wildman–Crippen MR) is 146 cm³/mol. The fraction of sp³-hybridized carbons (Fsp3) is 0.483. The van der Waals surface area contributed by atoms with E-state index in [2.05, 4.69) is 10.4 Å². The van der Waals surface area contributed by atoms with E-state index < -0.39 is 22.8 Å². The number of hydroxylamine groups is 2. The van der Waals surface area contributed by atoms with Crippen molar-refractivity contribution in [2.75, 3.05) is 7.05 Å². The molecule has 3 aromatic rings. The largest absolute Gasteiger partial charge is 0.366 e. The number of fused-ring (bicyclic) bond motifs is 1. The highest BCUT2D eigenvalue weighted by molar-refractivity contribution is 6.04. The highest BCUT2D eigenvalue weighted by Crippen LogP contribution is 2.44. The van der Waals surface area contributed by atoms with Crippen molar-refractivity contribution in [1.29, 1.82) is 0 Å². The van der Waals surface area contributed by atoms with Crippen LogP contribution in [0.4, 0.5) is 4.39 Å². The molecule has 2 saturated heterocycles. The SMILES string of the molecule is CN(C(=O)C1CC(C)(C)N(O)C1(C)C)C1CCCC(c2ccc(-n3cc4cccc(C(N)=O)c4n3)c(F)c2)N1. The molecule has 39 heavy (non-hydrogen) atoms. The number of rotatable bonds is 5. The number of carbonyl (C=O) groups is 2. The quantitative estimate of drug-likeness (QED) is 0.452. The lowest BCUT2D eigenvalue weighted by molar-refractivity contribution is -0.198. The van der Waals surface area contributed by atoms with E-state index in [1.165, 1.54) is 15.8 Å². The third kappa shape index (κ3) is 4.70. The molecule has 2 fully saturated rings. The van der Waals surface area contributed by atoms with Crippen LogP contribution in [0.15, 0.2) is 42.6 Å². The first-order valence-electron chi connectivity index (χ1n) is 13.4. The minimum Gasteiger partial charge on any atom is -0.366 e. The fourth-order valence-electron chi connectivity index (χ4n) is 6.33. The van der Waals surface area contributed by atoms with E-state index in [0.29, 0.717) is 17.3 Å². The Balaban J connectivity index is 1.34. The molecule has 0 radical (unpaired) electrons. The number of carbonyl (C=O) groups excluding carboxylic acids is 2. The van der Waals surface area contributed by atoms with Gasteiger partial charge in [0.2, 0.25) is 5.91 Å². The van der Waals surface area contributed by atoms with Gasteiger partial charge >= 0.3 is 0 Å². The highest BCUT2D eigenvalue weighted by atomic mass is 19.1. The normalized spacial score (nSPS) is 24.6.